The van der Waals surface area contributed by atoms with Gasteiger partial charge in [-0.05, 0) is 42.0 Å². The first-order valence-corrected chi connectivity index (χ1v) is 10.7. The van der Waals surface area contributed by atoms with Crippen molar-refractivity contribution < 1.29 is 14.3 Å². The molecule has 7 heteroatoms. The Balaban J connectivity index is 1.68. The third kappa shape index (κ3) is 4.76. The van der Waals surface area contributed by atoms with E-state index in [-0.39, 0.29) is 24.1 Å². The molecule has 0 saturated carbocycles. The average molecular weight is 451 g/mol. The summed E-state index contributed by atoms with van der Waals surface area (Å²) in [5, 5.41) is 3.74. The van der Waals surface area contributed by atoms with Crippen molar-refractivity contribution in [3.05, 3.63) is 100 Å². The fourth-order valence-electron chi connectivity index (χ4n) is 3.13. The van der Waals surface area contributed by atoms with Gasteiger partial charge in [-0.25, -0.2) is 0 Å². The predicted octanol–water partition coefficient (Wildman–Crippen LogP) is 5.33. The van der Waals surface area contributed by atoms with Gasteiger partial charge in [0.1, 0.15) is 16.4 Å². The number of carbonyl (C=O) groups is 2. The van der Waals surface area contributed by atoms with Gasteiger partial charge in [0.05, 0.1) is 13.7 Å². The lowest BCUT2D eigenvalue weighted by atomic mass is 10.2. The highest BCUT2D eigenvalue weighted by molar-refractivity contribution is 8.04. The predicted molar refractivity (Wildman–Crippen MR) is 123 cm³/mol. The number of hydrogen-bond acceptors (Lipinski definition) is 5. The van der Waals surface area contributed by atoms with Crippen molar-refractivity contribution in [1.82, 2.24) is 4.90 Å². The van der Waals surface area contributed by atoms with Crippen LogP contribution in [0.5, 0.6) is 5.75 Å². The van der Waals surface area contributed by atoms with Crippen molar-refractivity contribution in [2.45, 2.75) is 11.4 Å². The minimum Gasteiger partial charge on any atom is -0.497 e. The number of thioether (sulfide) groups is 1. The molecule has 0 bridgehead atoms. The molecule has 156 valence electrons. The Hall–Kier alpha value is -3.22. The number of methoxy groups -OCH3 is 1. The SMILES string of the molecule is COc1cccc(NC2=C(Sc3ccc(Cl)cc3)C(=O)N(Cc3ccccc3)C2=O)c1. The van der Waals surface area contributed by atoms with Gasteiger partial charge in [-0.2, -0.15) is 0 Å². The van der Waals surface area contributed by atoms with E-state index < -0.39 is 0 Å². The maximum Gasteiger partial charge on any atom is 0.278 e. The summed E-state index contributed by atoms with van der Waals surface area (Å²) in [6.45, 7) is 0.201. The molecule has 1 aliphatic heterocycles. The van der Waals surface area contributed by atoms with E-state index in [1.54, 1.807) is 25.3 Å². The van der Waals surface area contributed by atoms with Gasteiger partial charge in [0, 0.05) is 21.7 Å². The highest BCUT2D eigenvalue weighted by Gasteiger charge is 2.39. The van der Waals surface area contributed by atoms with Gasteiger partial charge >= 0.3 is 0 Å². The number of nitrogens with zero attached hydrogens (tertiary/aromatic N) is 1. The van der Waals surface area contributed by atoms with E-state index in [0.717, 1.165) is 10.5 Å². The summed E-state index contributed by atoms with van der Waals surface area (Å²) in [7, 11) is 1.58. The van der Waals surface area contributed by atoms with Crippen LogP contribution < -0.4 is 10.1 Å². The molecule has 0 radical (unpaired) electrons. The van der Waals surface area contributed by atoms with Crippen LogP contribution in [0.25, 0.3) is 0 Å². The van der Waals surface area contributed by atoms with Crippen LogP contribution in [0.1, 0.15) is 5.56 Å². The number of anilines is 1. The molecule has 0 fully saturated rings. The van der Waals surface area contributed by atoms with Gasteiger partial charge in [-0.1, -0.05) is 59.8 Å². The number of nitrogens with one attached hydrogen (secondary N) is 1. The lowest BCUT2D eigenvalue weighted by Crippen LogP contribution is -2.31. The van der Waals surface area contributed by atoms with Gasteiger partial charge < -0.3 is 10.1 Å². The molecular formula is C24H19ClN2O3S. The van der Waals surface area contributed by atoms with Crippen LogP contribution in [0.3, 0.4) is 0 Å². The summed E-state index contributed by atoms with van der Waals surface area (Å²) >= 11 is 7.22. The first-order chi connectivity index (χ1) is 15.0. The van der Waals surface area contributed by atoms with Crippen molar-refractivity contribution in [2.75, 3.05) is 12.4 Å². The minimum atomic E-state index is -0.367. The summed E-state index contributed by atoms with van der Waals surface area (Å²) in [6, 6.07) is 23.8. The molecule has 0 unspecified atom stereocenters. The van der Waals surface area contributed by atoms with E-state index in [0.29, 0.717) is 21.4 Å². The van der Waals surface area contributed by atoms with Crippen LogP contribution in [-0.2, 0) is 16.1 Å². The van der Waals surface area contributed by atoms with Crippen molar-refractivity contribution in [3.63, 3.8) is 0 Å². The summed E-state index contributed by atoms with van der Waals surface area (Å²) in [5.41, 5.74) is 1.78. The molecule has 5 nitrogen and oxygen atoms in total. The zero-order valence-electron chi connectivity index (χ0n) is 16.7. The van der Waals surface area contributed by atoms with E-state index in [1.807, 2.05) is 60.7 Å². The first-order valence-electron chi connectivity index (χ1n) is 9.54. The van der Waals surface area contributed by atoms with E-state index in [4.69, 9.17) is 16.3 Å². The maximum absolute atomic E-state index is 13.3. The zero-order valence-corrected chi connectivity index (χ0v) is 18.2. The molecular weight excluding hydrogens is 432 g/mol. The molecule has 0 saturated heterocycles. The summed E-state index contributed by atoms with van der Waals surface area (Å²) < 4.78 is 5.27. The zero-order chi connectivity index (χ0) is 21.8. The summed E-state index contributed by atoms with van der Waals surface area (Å²) in [6.07, 6.45) is 0. The number of amides is 2. The normalized spacial score (nSPS) is 13.7. The highest BCUT2D eigenvalue weighted by atomic mass is 35.5. The topological polar surface area (TPSA) is 58.6 Å². The molecule has 3 aromatic carbocycles. The smallest absolute Gasteiger partial charge is 0.278 e. The van der Waals surface area contributed by atoms with Gasteiger partial charge in [-0.3, -0.25) is 14.5 Å². The van der Waals surface area contributed by atoms with Crippen molar-refractivity contribution in [2.24, 2.45) is 0 Å². The Labute approximate surface area is 189 Å². The van der Waals surface area contributed by atoms with E-state index in [9.17, 15) is 9.59 Å². The molecule has 0 aliphatic carbocycles. The number of benzene rings is 3. The first kappa shape index (κ1) is 21.0. The van der Waals surface area contributed by atoms with Crippen molar-refractivity contribution in [3.8, 4) is 5.75 Å². The second-order valence-corrected chi connectivity index (χ2v) is 8.32. The molecule has 0 spiro atoms. The van der Waals surface area contributed by atoms with E-state index >= 15 is 0 Å². The van der Waals surface area contributed by atoms with Crippen LogP contribution in [-0.4, -0.2) is 23.8 Å². The van der Waals surface area contributed by atoms with Crippen LogP contribution in [0.15, 0.2) is 94.4 Å². The van der Waals surface area contributed by atoms with E-state index in [2.05, 4.69) is 5.32 Å². The molecule has 1 heterocycles. The number of rotatable bonds is 7. The minimum absolute atomic E-state index is 0.201. The van der Waals surface area contributed by atoms with Gasteiger partial charge in [0.2, 0.25) is 0 Å². The fourth-order valence-corrected chi connectivity index (χ4v) is 4.21. The van der Waals surface area contributed by atoms with E-state index in [1.165, 1.54) is 16.7 Å². The molecule has 31 heavy (non-hydrogen) atoms. The maximum atomic E-state index is 13.3. The summed E-state index contributed by atoms with van der Waals surface area (Å²) in [5.74, 6) is -0.0530. The Bertz CT molecular complexity index is 1150. The van der Waals surface area contributed by atoms with Crippen molar-refractivity contribution >= 4 is 40.9 Å². The molecule has 0 aromatic heterocycles. The van der Waals surface area contributed by atoms with Crippen LogP contribution in [0.2, 0.25) is 5.02 Å². The number of ether oxygens (including phenoxy) is 1. The number of carbonyl (C=O) groups excluding carboxylic acids is 2. The van der Waals surface area contributed by atoms with Crippen LogP contribution >= 0.6 is 23.4 Å². The number of halogens is 1. The largest absolute Gasteiger partial charge is 0.497 e. The number of imide groups is 1. The average Bonchev–Trinajstić information content (AvgIpc) is 3.00. The highest BCUT2D eigenvalue weighted by Crippen LogP contribution is 2.37. The number of hydrogen-bond donors (Lipinski definition) is 1. The molecule has 0 atom stereocenters. The third-order valence-electron chi connectivity index (χ3n) is 4.68. The Morgan fingerprint density at radius 3 is 2.39 bits per heavy atom. The third-order valence-corrected chi connectivity index (χ3v) is 6.02. The molecule has 3 aromatic rings. The fraction of sp³-hybridized carbons (Fsp3) is 0.0833. The Morgan fingerprint density at radius 2 is 1.68 bits per heavy atom. The lowest BCUT2D eigenvalue weighted by molar-refractivity contribution is -0.137. The molecule has 2 amide bonds. The Morgan fingerprint density at radius 1 is 0.935 bits per heavy atom. The molecule has 1 aliphatic rings. The molecule has 1 N–H and O–H groups in total. The van der Waals surface area contributed by atoms with Crippen LogP contribution in [0.4, 0.5) is 5.69 Å². The van der Waals surface area contributed by atoms with Gasteiger partial charge in [0.25, 0.3) is 11.8 Å². The Kier molecular flexibility index (Phi) is 6.30. The van der Waals surface area contributed by atoms with Gasteiger partial charge in [-0.15, -0.1) is 0 Å². The van der Waals surface area contributed by atoms with Crippen LogP contribution in [0, 0.1) is 0 Å². The summed E-state index contributed by atoms with van der Waals surface area (Å²) in [4.78, 5) is 28.9. The standard InChI is InChI=1S/C24H19ClN2O3S/c1-30-19-9-5-8-18(14-19)26-21-22(31-20-12-10-17(25)11-13-20)24(29)27(23(21)28)15-16-6-3-2-4-7-16/h2-14,26H,15H2,1H3. The second kappa shape index (κ2) is 9.29. The quantitative estimate of drug-likeness (QED) is 0.493. The van der Waals surface area contributed by atoms with Gasteiger partial charge in [0.15, 0.2) is 0 Å². The molecule has 4 rings (SSSR count). The van der Waals surface area contributed by atoms with Crippen molar-refractivity contribution in [1.29, 1.82) is 0 Å². The second-order valence-electron chi connectivity index (χ2n) is 6.80. The monoisotopic (exact) mass is 450 g/mol. The lowest BCUT2D eigenvalue weighted by Gasteiger charge is -2.15.